The molecule has 2 atom stereocenters. The van der Waals surface area contributed by atoms with Crippen LogP contribution in [0.3, 0.4) is 0 Å². The SMILES string of the molecule is C.O=C(Nc1ccccn1)c1ccc2nc(-c3ccc(NC(=O)C45CC6CC(C4)C(O)C(C6)C5)cc3)[nH]c2c1. The Kier molecular flexibility index (Phi) is 6.22. The van der Waals surface area contributed by atoms with Gasteiger partial charge in [-0.1, -0.05) is 13.5 Å². The largest absolute Gasteiger partial charge is 0.393 e. The average Bonchev–Trinajstić information content (AvgIpc) is 3.36. The van der Waals surface area contributed by atoms with Crippen molar-refractivity contribution in [3.8, 4) is 11.4 Å². The molecule has 39 heavy (non-hydrogen) atoms. The molecule has 4 saturated carbocycles. The summed E-state index contributed by atoms with van der Waals surface area (Å²) < 4.78 is 0. The molecule has 0 aliphatic heterocycles. The number of aromatic nitrogens is 3. The molecule has 2 heterocycles. The van der Waals surface area contributed by atoms with Gasteiger partial charge in [-0.05, 0) is 104 Å². The summed E-state index contributed by atoms with van der Waals surface area (Å²) >= 11 is 0. The molecule has 8 heteroatoms. The zero-order chi connectivity index (χ0) is 25.9. The summed E-state index contributed by atoms with van der Waals surface area (Å²) in [6, 6.07) is 18.4. The van der Waals surface area contributed by atoms with E-state index in [4.69, 9.17) is 0 Å². The number of aliphatic hydroxyl groups excluding tert-OH is 1. The molecule has 200 valence electrons. The van der Waals surface area contributed by atoms with E-state index >= 15 is 0 Å². The molecule has 0 saturated heterocycles. The van der Waals surface area contributed by atoms with Crippen molar-refractivity contribution >= 4 is 34.4 Å². The van der Waals surface area contributed by atoms with Crippen molar-refractivity contribution in [2.75, 3.05) is 10.6 Å². The molecule has 4 aliphatic carbocycles. The Morgan fingerprint density at radius 1 is 0.949 bits per heavy atom. The Hall–Kier alpha value is -4.04. The van der Waals surface area contributed by atoms with E-state index in [-0.39, 0.29) is 42.6 Å². The number of H-pyrrole nitrogens is 1. The number of rotatable bonds is 5. The number of fused-ring (bicyclic) bond motifs is 1. The third kappa shape index (κ3) is 4.48. The number of benzene rings is 2. The highest BCUT2D eigenvalue weighted by atomic mass is 16.3. The number of aromatic amines is 1. The molecule has 4 N–H and O–H groups in total. The average molecular weight is 524 g/mol. The van der Waals surface area contributed by atoms with Gasteiger partial charge in [0.2, 0.25) is 5.91 Å². The molecule has 4 bridgehead atoms. The second-order valence-corrected chi connectivity index (χ2v) is 11.3. The number of carbonyl (C=O) groups is 2. The van der Waals surface area contributed by atoms with Crippen LogP contribution >= 0.6 is 0 Å². The molecule has 2 aromatic heterocycles. The first-order valence-corrected chi connectivity index (χ1v) is 13.3. The standard InChI is InChI=1S/C30H29N5O3.CH4/c36-26-20-11-17-12-21(26)16-30(14-17,15-20)29(38)32-22-7-4-18(5-8-22)27-33-23-9-6-19(13-24(23)34-27)28(37)35-25-3-1-2-10-31-25;/h1-10,13,17,20-21,26,36H,11-12,14-16H2,(H,32,38)(H,33,34)(H,31,35,37);1H4. The third-order valence-electron chi connectivity index (χ3n) is 8.77. The summed E-state index contributed by atoms with van der Waals surface area (Å²) in [6.45, 7) is 0. The van der Waals surface area contributed by atoms with E-state index in [9.17, 15) is 14.7 Å². The van der Waals surface area contributed by atoms with Gasteiger partial charge in [0.05, 0.1) is 22.6 Å². The predicted octanol–water partition coefficient (Wildman–Crippen LogP) is 5.64. The highest BCUT2D eigenvalue weighted by Crippen LogP contribution is 2.60. The lowest BCUT2D eigenvalue weighted by atomic mass is 9.48. The fourth-order valence-electron chi connectivity index (χ4n) is 7.16. The molecular formula is C31H33N5O3. The van der Waals surface area contributed by atoms with Gasteiger partial charge in [-0.25, -0.2) is 9.97 Å². The molecule has 4 aromatic rings. The van der Waals surface area contributed by atoms with E-state index in [0.29, 0.717) is 23.1 Å². The number of carbonyl (C=O) groups excluding carboxylic acids is 2. The van der Waals surface area contributed by atoms with Crippen molar-refractivity contribution in [2.24, 2.45) is 23.2 Å². The van der Waals surface area contributed by atoms with Crippen LogP contribution < -0.4 is 10.6 Å². The summed E-state index contributed by atoms with van der Waals surface area (Å²) in [5, 5.41) is 16.5. The Morgan fingerprint density at radius 3 is 2.44 bits per heavy atom. The zero-order valence-corrected chi connectivity index (χ0v) is 20.9. The maximum Gasteiger partial charge on any atom is 0.256 e. The molecule has 2 unspecified atom stereocenters. The fraction of sp³-hybridized carbons (Fsp3) is 0.355. The van der Waals surface area contributed by atoms with Crippen LogP contribution in [0.15, 0.2) is 66.9 Å². The highest BCUT2D eigenvalue weighted by molar-refractivity contribution is 6.05. The van der Waals surface area contributed by atoms with E-state index in [0.717, 1.165) is 54.4 Å². The quantitative estimate of drug-likeness (QED) is 0.270. The van der Waals surface area contributed by atoms with Gasteiger partial charge in [-0.3, -0.25) is 9.59 Å². The zero-order valence-electron chi connectivity index (χ0n) is 20.9. The Bertz CT molecular complexity index is 1520. The predicted molar refractivity (Wildman–Crippen MR) is 151 cm³/mol. The molecule has 0 radical (unpaired) electrons. The van der Waals surface area contributed by atoms with Crippen molar-refractivity contribution in [3.05, 3.63) is 72.4 Å². The number of nitrogens with one attached hydrogen (secondary N) is 3. The normalized spacial score (nSPS) is 26.7. The van der Waals surface area contributed by atoms with E-state index < -0.39 is 0 Å². The van der Waals surface area contributed by atoms with Crippen LogP contribution in [0.4, 0.5) is 11.5 Å². The fourth-order valence-corrected chi connectivity index (χ4v) is 7.16. The summed E-state index contributed by atoms with van der Waals surface area (Å²) in [7, 11) is 0. The van der Waals surface area contributed by atoms with Crippen molar-refractivity contribution < 1.29 is 14.7 Å². The number of pyridine rings is 1. The van der Waals surface area contributed by atoms with Gasteiger partial charge in [0.25, 0.3) is 5.91 Å². The molecule has 4 fully saturated rings. The van der Waals surface area contributed by atoms with Crippen molar-refractivity contribution in [3.63, 3.8) is 0 Å². The number of hydrogen-bond donors (Lipinski definition) is 4. The topological polar surface area (TPSA) is 120 Å². The molecule has 2 amide bonds. The monoisotopic (exact) mass is 523 g/mol. The minimum Gasteiger partial charge on any atom is -0.393 e. The van der Waals surface area contributed by atoms with Crippen LogP contribution in [-0.4, -0.2) is 38.0 Å². The summed E-state index contributed by atoms with van der Waals surface area (Å²) in [5.74, 6) is 2.14. The molecule has 8 nitrogen and oxygen atoms in total. The molecule has 2 aromatic carbocycles. The molecule has 8 rings (SSSR count). The highest BCUT2D eigenvalue weighted by Gasteiger charge is 2.58. The summed E-state index contributed by atoms with van der Waals surface area (Å²) in [5.41, 5.74) is 3.34. The lowest BCUT2D eigenvalue weighted by Gasteiger charge is -2.57. The Morgan fingerprint density at radius 2 is 1.72 bits per heavy atom. The first-order chi connectivity index (χ1) is 18.5. The summed E-state index contributed by atoms with van der Waals surface area (Å²) in [6.07, 6.45) is 6.06. The second kappa shape index (κ2) is 9.61. The number of aliphatic hydroxyl groups is 1. The maximum atomic E-state index is 13.4. The van der Waals surface area contributed by atoms with Crippen LogP contribution in [0, 0.1) is 23.2 Å². The van der Waals surface area contributed by atoms with Crippen LogP contribution in [0.2, 0.25) is 0 Å². The van der Waals surface area contributed by atoms with E-state index in [1.807, 2.05) is 36.4 Å². The van der Waals surface area contributed by atoms with Crippen LogP contribution in [0.25, 0.3) is 22.4 Å². The second-order valence-electron chi connectivity index (χ2n) is 11.3. The minimum absolute atomic E-state index is 0. The van der Waals surface area contributed by atoms with Crippen LogP contribution in [0.5, 0.6) is 0 Å². The first kappa shape index (κ1) is 25.2. The van der Waals surface area contributed by atoms with Crippen molar-refractivity contribution in [2.45, 2.75) is 45.6 Å². The van der Waals surface area contributed by atoms with Gasteiger partial charge in [-0.2, -0.15) is 0 Å². The number of nitrogens with zero attached hydrogens (tertiary/aromatic N) is 2. The van der Waals surface area contributed by atoms with Crippen molar-refractivity contribution in [1.82, 2.24) is 15.0 Å². The maximum absolute atomic E-state index is 13.4. The van der Waals surface area contributed by atoms with Gasteiger partial charge in [-0.15, -0.1) is 0 Å². The lowest BCUT2D eigenvalue weighted by Crippen LogP contribution is -2.57. The van der Waals surface area contributed by atoms with E-state index in [1.54, 1.807) is 30.5 Å². The number of amides is 2. The van der Waals surface area contributed by atoms with Gasteiger partial charge < -0.3 is 20.7 Å². The summed E-state index contributed by atoms with van der Waals surface area (Å²) in [4.78, 5) is 38.2. The number of anilines is 2. The lowest BCUT2D eigenvalue weighted by molar-refractivity contribution is -0.158. The van der Waals surface area contributed by atoms with Gasteiger partial charge in [0, 0.05) is 23.0 Å². The van der Waals surface area contributed by atoms with Crippen LogP contribution in [-0.2, 0) is 4.79 Å². The number of hydrogen-bond acceptors (Lipinski definition) is 5. The third-order valence-corrected chi connectivity index (χ3v) is 8.77. The van der Waals surface area contributed by atoms with Crippen molar-refractivity contribution in [1.29, 1.82) is 0 Å². The Labute approximate surface area is 227 Å². The smallest absolute Gasteiger partial charge is 0.256 e. The molecule has 4 aliphatic rings. The molecule has 0 spiro atoms. The van der Waals surface area contributed by atoms with Crippen LogP contribution in [0.1, 0.15) is 49.9 Å². The minimum atomic E-state index is -0.340. The van der Waals surface area contributed by atoms with Gasteiger partial charge >= 0.3 is 0 Å². The number of imidazole rings is 1. The Balaban J connectivity index is 0.00000277. The van der Waals surface area contributed by atoms with Gasteiger partial charge in [0.1, 0.15) is 11.6 Å². The van der Waals surface area contributed by atoms with E-state index in [1.165, 1.54) is 0 Å². The van der Waals surface area contributed by atoms with Gasteiger partial charge in [0.15, 0.2) is 0 Å². The van der Waals surface area contributed by atoms with E-state index in [2.05, 4.69) is 25.6 Å². The molecular weight excluding hydrogens is 490 g/mol. The first-order valence-electron chi connectivity index (χ1n) is 13.3.